The molecule has 0 aliphatic carbocycles. The lowest BCUT2D eigenvalue weighted by atomic mass is 10.1. The number of phenolic OH excluding ortho intramolecular Hbond substituents is 1. The van der Waals surface area contributed by atoms with E-state index in [0.717, 1.165) is 42.9 Å². The average molecular weight is 503 g/mol. The molecule has 2 heterocycles. The monoisotopic (exact) mass is 501 g/mol. The van der Waals surface area contributed by atoms with Gasteiger partial charge in [-0.1, -0.05) is 17.7 Å². The Morgan fingerprint density at radius 2 is 1.28 bits per heavy atom. The second-order valence-electron chi connectivity index (χ2n) is 8.53. The van der Waals surface area contributed by atoms with E-state index in [2.05, 4.69) is 14.5 Å². The van der Waals surface area contributed by atoms with Crippen LogP contribution >= 0.6 is 24.8 Å². The van der Waals surface area contributed by atoms with E-state index in [1.165, 1.54) is 25.7 Å². The van der Waals surface area contributed by atoms with Crippen molar-refractivity contribution < 1.29 is 13.5 Å². The Morgan fingerprint density at radius 3 is 1.72 bits per heavy atom. The van der Waals surface area contributed by atoms with E-state index in [9.17, 15) is 13.5 Å². The van der Waals surface area contributed by atoms with Crippen molar-refractivity contribution in [3.8, 4) is 5.75 Å². The molecular weight excluding hydrogens is 469 g/mol. The van der Waals surface area contributed by atoms with Gasteiger partial charge in [-0.05, 0) is 83.1 Å². The third-order valence-corrected chi connectivity index (χ3v) is 7.43. The molecule has 2 fully saturated rings. The van der Waals surface area contributed by atoms with Crippen molar-refractivity contribution >= 4 is 40.5 Å². The third-order valence-electron chi connectivity index (χ3n) is 6.04. The van der Waals surface area contributed by atoms with Crippen molar-refractivity contribution in [1.29, 1.82) is 0 Å². The molecule has 2 aromatic rings. The molecule has 0 amide bonds. The molecule has 32 heavy (non-hydrogen) atoms. The molecule has 0 unspecified atom stereocenters. The van der Waals surface area contributed by atoms with Crippen molar-refractivity contribution in [2.75, 3.05) is 30.9 Å². The summed E-state index contributed by atoms with van der Waals surface area (Å²) in [5, 5.41) is 10.9. The van der Waals surface area contributed by atoms with Crippen molar-refractivity contribution in [3.05, 3.63) is 53.1 Å². The van der Waals surface area contributed by atoms with Crippen LogP contribution in [0.25, 0.3) is 0 Å². The van der Waals surface area contributed by atoms with Crippen LogP contribution in [0, 0.1) is 6.92 Å². The SMILES string of the molecule is Cc1ccc(S(=O)(=O)Nc2cc(CN3CCCC3)c(O)c(CN3CCCC3)c2)cc1.Cl.Cl. The number of likely N-dealkylation sites (tertiary alicyclic amines) is 2. The minimum Gasteiger partial charge on any atom is -0.507 e. The van der Waals surface area contributed by atoms with Gasteiger partial charge in [-0.2, -0.15) is 0 Å². The Bertz CT molecular complexity index is 949. The van der Waals surface area contributed by atoms with Gasteiger partial charge in [0.15, 0.2) is 0 Å². The number of aryl methyl sites for hydroxylation is 1. The fraction of sp³-hybridized carbons (Fsp3) is 0.478. The molecule has 2 aliphatic heterocycles. The largest absolute Gasteiger partial charge is 0.507 e. The molecule has 0 radical (unpaired) electrons. The number of sulfonamides is 1. The zero-order chi connectivity index (χ0) is 21.1. The van der Waals surface area contributed by atoms with Gasteiger partial charge in [0.05, 0.1) is 4.90 Å². The standard InChI is InChI=1S/C23H31N3O3S.2ClH/c1-18-6-8-22(9-7-18)30(28,29)24-21-14-19(16-25-10-2-3-11-25)23(27)20(15-21)17-26-12-4-5-13-26;;/h6-9,14-15,24,27H,2-5,10-13,16-17H2,1H3;2*1H. The maximum Gasteiger partial charge on any atom is 0.261 e. The predicted octanol–water partition coefficient (Wildman–Crippen LogP) is 4.54. The summed E-state index contributed by atoms with van der Waals surface area (Å²) in [6.45, 7) is 7.26. The maximum absolute atomic E-state index is 12.9. The molecule has 2 N–H and O–H groups in total. The minimum absolute atomic E-state index is 0. The van der Waals surface area contributed by atoms with Crippen molar-refractivity contribution in [1.82, 2.24) is 9.80 Å². The molecule has 9 heteroatoms. The molecule has 0 saturated carbocycles. The van der Waals surface area contributed by atoms with Gasteiger partial charge in [0, 0.05) is 29.9 Å². The van der Waals surface area contributed by atoms with Crippen LogP contribution in [-0.2, 0) is 23.1 Å². The van der Waals surface area contributed by atoms with Gasteiger partial charge >= 0.3 is 0 Å². The number of rotatable bonds is 7. The van der Waals surface area contributed by atoms with Crippen LogP contribution in [0.4, 0.5) is 5.69 Å². The lowest BCUT2D eigenvalue weighted by Crippen LogP contribution is -2.21. The minimum atomic E-state index is -3.69. The molecule has 0 aromatic heterocycles. The van der Waals surface area contributed by atoms with Crippen LogP contribution in [0.3, 0.4) is 0 Å². The summed E-state index contributed by atoms with van der Waals surface area (Å²) in [5.74, 6) is 0.298. The van der Waals surface area contributed by atoms with Gasteiger partial charge in [0.25, 0.3) is 10.0 Å². The quantitative estimate of drug-likeness (QED) is 0.544. The van der Waals surface area contributed by atoms with Gasteiger partial charge in [0.2, 0.25) is 0 Å². The summed E-state index contributed by atoms with van der Waals surface area (Å²) < 4.78 is 28.6. The van der Waals surface area contributed by atoms with Crippen molar-refractivity contribution in [2.45, 2.75) is 50.6 Å². The maximum atomic E-state index is 12.9. The van der Waals surface area contributed by atoms with E-state index in [0.29, 0.717) is 24.5 Å². The molecule has 0 atom stereocenters. The lowest BCUT2D eigenvalue weighted by molar-refractivity contribution is 0.312. The molecule has 2 aliphatic rings. The van der Waals surface area contributed by atoms with Crippen LogP contribution in [0.2, 0.25) is 0 Å². The number of halogens is 2. The zero-order valence-electron chi connectivity index (χ0n) is 18.4. The highest BCUT2D eigenvalue weighted by molar-refractivity contribution is 7.92. The molecule has 6 nitrogen and oxygen atoms in total. The second kappa shape index (κ2) is 11.6. The zero-order valence-corrected chi connectivity index (χ0v) is 20.9. The fourth-order valence-electron chi connectivity index (χ4n) is 4.35. The van der Waals surface area contributed by atoms with Gasteiger partial charge in [-0.25, -0.2) is 8.42 Å². The first-order chi connectivity index (χ1) is 14.4. The highest BCUT2D eigenvalue weighted by Gasteiger charge is 2.21. The van der Waals surface area contributed by atoms with Crippen LogP contribution in [0.5, 0.6) is 5.75 Å². The smallest absolute Gasteiger partial charge is 0.261 e. The lowest BCUT2D eigenvalue weighted by Gasteiger charge is -2.21. The number of aromatic hydroxyl groups is 1. The van der Waals surface area contributed by atoms with E-state index < -0.39 is 10.0 Å². The van der Waals surface area contributed by atoms with E-state index in [4.69, 9.17) is 0 Å². The van der Waals surface area contributed by atoms with Gasteiger partial charge in [-0.3, -0.25) is 14.5 Å². The van der Waals surface area contributed by atoms with E-state index in [1.54, 1.807) is 36.4 Å². The number of nitrogens with zero attached hydrogens (tertiary/aromatic N) is 2. The normalized spacial score (nSPS) is 17.0. The highest BCUT2D eigenvalue weighted by atomic mass is 35.5. The summed E-state index contributed by atoms with van der Waals surface area (Å²) >= 11 is 0. The van der Waals surface area contributed by atoms with Crippen LogP contribution < -0.4 is 4.72 Å². The molecule has 2 aromatic carbocycles. The summed E-state index contributed by atoms with van der Waals surface area (Å²) in [6, 6.07) is 10.4. The van der Waals surface area contributed by atoms with E-state index in [1.807, 2.05) is 6.92 Å². The first-order valence-corrected chi connectivity index (χ1v) is 12.3. The van der Waals surface area contributed by atoms with Gasteiger partial charge < -0.3 is 5.11 Å². The molecule has 0 bridgehead atoms. The third kappa shape index (κ3) is 6.51. The predicted molar refractivity (Wildman–Crippen MR) is 134 cm³/mol. The number of hydrogen-bond acceptors (Lipinski definition) is 5. The topological polar surface area (TPSA) is 72.9 Å². The first-order valence-electron chi connectivity index (χ1n) is 10.8. The van der Waals surface area contributed by atoms with Crippen molar-refractivity contribution in [2.24, 2.45) is 0 Å². The van der Waals surface area contributed by atoms with E-state index in [-0.39, 0.29) is 29.7 Å². The average Bonchev–Trinajstić information content (AvgIpc) is 3.40. The number of nitrogens with one attached hydrogen (secondary N) is 1. The van der Waals surface area contributed by atoms with Crippen LogP contribution in [0.1, 0.15) is 42.4 Å². The molecular formula is C23H33Cl2N3O3S. The number of phenols is 1. The van der Waals surface area contributed by atoms with Gasteiger partial charge in [0.1, 0.15) is 5.75 Å². The Kier molecular flexibility index (Phi) is 9.67. The van der Waals surface area contributed by atoms with Crippen LogP contribution in [0.15, 0.2) is 41.3 Å². The second-order valence-corrected chi connectivity index (χ2v) is 10.2. The Hall–Kier alpha value is -1.51. The summed E-state index contributed by atoms with van der Waals surface area (Å²) in [5.41, 5.74) is 3.10. The Labute approximate surface area is 203 Å². The molecule has 0 spiro atoms. The highest BCUT2D eigenvalue weighted by Crippen LogP contribution is 2.32. The van der Waals surface area contributed by atoms with Gasteiger partial charge in [-0.15, -0.1) is 24.8 Å². The Morgan fingerprint density at radius 1 is 0.844 bits per heavy atom. The van der Waals surface area contributed by atoms with Crippen molar-refractivity contribution in [3.63, 3.8) is 0 Å². The number of hydrogen-bond donors (Lipinski definition) is 2. The first kappa shape index (κ1) is 26.7. The molecule has 178 valence electrons. The summed E-state index contributed by atoms with van der Waals surface area (Å²) in [7, 11) is -3.69. The van der Waals surface area contributed by atoms with Crippen LogP contribution in [-0.4, -0.2) is 49.5 Å². The summed E-state index contributed by atoms with van der Waals surface area (Å²) in [4.78, 5) is 4.86. The summed E-state index contributed by atoms with van der Waals surface area (Å²) in [6.07, 6.45) is 4.67. The number of benzene rings is 2. The fourth-order valence-corrected chi connectivity index (χ4v) is 5.40. The molecule has 4 rings (SSSR count). The molecule has 2 saturated heterocycles. The van der Waals surface area contributed by atoms with E-state index >= 15 is 0 Å². The Balaban J connectivity index is 0.00000181. The number of anilines is 1.